The van der Waals surface area contributed by atoms with E-state index in [1.54, 1.807) is 0 Å². The maximum atomic E-state index is 12.4. The van der Waals surface area contributed by atoms with Crippen molar-refractivity contribution >= 4 is 29.1 Å². The number of amides is 1. The molecule has 19 heavy (non-hydrogen) atoms. The molecule has 1 aromatic rings. The molecular formula is C13H17Cl2N3O. The van der Waals surface area contributed by atoms with Crippen molar-refractivity contribution in [2.75, 3.05) is 13.1 Å². The van der Waals surface area contributed by atoms with Crippen molar-refractivity contribution in [3.05, 3.63) is 21.9 Å². The van der Waals surface area contributed by atoms with E-state index in [1.807, 2.05) is 4.90 Å². The maximum Gasteiger partial charge on any atom is 0.257 e. The fraction of sp³-hybridized carbons (Fsp3) is 0.615. The smallest absolute Gasteiger partial charge is 0.257 e. The van der Waals surface area contributed by atoms with Gasteiger partial charge in [0, 0.05) is 13.1 Å². The lowest BCUT2D eigenvalue weighted by Gasteiger charge is -2.32. The van der Waals surface area contributed by atoms with Gasteiger partial charge in [0.15, 0.2) is 10.3 Å². The topological polar surface area (TPSA) is 46.1 Å². The number of likely N-dealkylation sites (tertiary alicyclic amines) is 1. The van der Waals surface area contributed by atoms with Gasteiger partial charge in [0.2, 0.25) is 0 Å². The van der Waals surface area contributed by atoms with Gasteiger partial charge in [-0.15, -0.1) is 10.2 Å². The van der Waals surface area contributed by atoms with Gasteiger partial charge in [-0.25, -0.2) is 0 Å². The summed E-state index contributed by atoms with van der Waals surface area (Å²) >= 11 is 11.7. The number of halogens is 2. The predicted molar refractivity (Wildman–Crippen MR) is 75.6 cm³/mol. The molecule has 0 aliphatic carbocycles. The minimum absolute atomic E-state index is 0.100. The summed E-state index contributed by atoms with van der Waals surface area (Å²) in [4.78, 5) is 14.2. The van der Waals surface area contributed by atoms with Crippen molar-refractivity contribution in [3.63, 3.8) is 0 Å². The Hall–Kier alpha value is -0.870. The van der Waals surface area contributed by atoms with Crippen LogP contribution in [0.3, 0.4) is 0 Å². The number of hydrogen-bond acceptors (Lipinski definition) is 3. The third-order valence-electron chi connectivity index (χ3n) is 3.55. The first kappa shape index (κ1) is 14.5. The first-order chi connectivity index (χ1) is 9.11. The van der Waals surface area contributed by atoms with Crippen molar-refractivity contribution in [3.8, 4) is 0 Å². The molecule has 4 nitrogen and oxygen atoms in total. The monoisotopic (exact) mass is 301 g/mol. The summed E-state index contributed by atoms with van der Waals surface area (Å²) in [6.45, 7) is 3.75. The quantitative estimate of drug-likeness (QED) is 0.859. The number of piperidine rings is 1. The molecule has 104 valence electrons. The molecule has 0 N–H and O–H groups in total. The van der Waals surface area contributed by atoms with Crippen LogP contribution < -0.4 is 0 Å². The average molecular weight is 302 g/mol. The van der Waals surface area contributed by atoms with Crippen LogP contribution in [0.15, 0.2) is 6.07 Å². The van der Waals surface area contributed by atoms with Gasteiger partial charge in [-0.1, -0.05) is 43.0 Å². The molecule has 1 amide bonds. The summed E-state index contributed by atoms with van der Waals surface area (Å²) in [6.07, 6.45) is 4.56. The lowest BCUT2D eigenvalue weighted by molar-refractivity contribution is 0.0686. The van der Waals surface area contributed by atoms with Crippen LogP contribution in [0.25, 0.3) is 0 Å². The molecule has 2 rings (SSSR count). The third kappa shape index (κ3) is 3.57. The Morgan fingerprint density at radius 3 is 2.68 bits per heavy atom. The molecule has 0 spiro atoms. The molecule has 0 atom stereocenters. The van der Waals surface area contributed by atoms with Gasteiger partial charge < -0.3 is 4.90 Å². The van der Waals surface area contributed by atoms with E-state index in [1.165, 1.54) is 18.9 Å². The molecule has 1 aromatic heterocycles. The van der Waals surface area contributed by atoms with Gasteiger partial charge in [0.25, 0.3) is 5.91 Å². The molecule has 0 saturated carbocycles. The zero-order valence-corrected chi connectivity index (χ0v) is 12.4. The molecule has 1 fully saturated rings. The van der Waals surface area contributed by atoms with Gasteiger partial charge in [0.05, 0.1) is 5.56 Å². The first-order valence-electron chi connectivity index (χ1n) is 6.59. The van der Waals surface area contributed by atoms with Crippen LogP contribution in [-0.4, -0.2) is 34.1 Å². The van der Waals surface area contributed by atoms with Crippen molar-refractivity contribution in [1.29, 1.82) is 0 Å². The second-order valence-electron chi connectivity index (χ2n) is 4.90. The van der Waals surface area contributed by atoms with Crippen molar-refractivity contribution in [1.82, 2.24) is 15.1 Å². The predicted octanol–water partition coefficient (Wildman–Crippen LogP) is 3.44. The number of carbonyl (C=O) groups is 1. The molecular weight excluding hydrogens is 285 g/mol. The van der Waals surface area contributed by atoms with E-state index in [-0.39, 0.29) is 16.2 Å². The average Bonchev–Trinajstić information content (AvgIpc) is 2.42. The molecule has 2 heterocycles. The Morgan fingerprint density at radius 1 is 1.37 bits per heavy atom. The van der Waals surface area contributed by atoms with E-state index in [0.717, 1.165) is 31.8 Å². The highest BCUT2D eigenvalue weighted by Crippen LogP contribution is 2.24. The van der Waals surface area contributed by atoms with Crippen LogP contribution in [0.1, 0.15) is 43.0 Å². The second kappa shape index (κ2) is 6.53. The third-order valence-corrected chi connectivity index (χ3v) is 4.01. The lowest BCUT2D eigenvalue weighted by atomic mass is 9.92. The van der Waals surface area contributed by atoms with E-state index in [0.29, 0.717) is 5.56 Å². The van der Waals surface area contributed by atoms with Crippen LogP contribution in [0, 0.1) is 5.92 Å². The largest absolute Gasteiger partial charge is 0.339 e. The van der Waals surface area contributed by atoms with Crippen LogP contribution in [-0.2, 0) is 0 Å². The van der Waals surface area contributed by atoms with E-state index >= 15 is 0 Å². The van der Waals surface area contributed by atoms with E-state index in [2.05, 4.69) is 17.1 Å². The number of rotatable bonds is 3. The Kier molecular flexibility index (Phi) is 4.99. The Balaban J connectivity index is 2.03. The molecule has 1 aliphatic heterocycles. The fourth-order valence-corrected chi connectivity index (χ4v) is 2.83. The Labute approximate surface area is 123 Å². The van der Waals surface area contributed by atoms with E-state index < -0.39 is 0 Å². The van der Waals surface area contributed by atoms with Gasteiger partial charge in [-0.3, -0.25) is 4.79 Å². The van der Waals surface area contributed by atoms with Gasteiger partial charge >= 0.3 is 0 Å². The number of nitrogens with zero attached hydrogens (tertiary/aromatic N) is 3. The summed E-state index contributed by atoms with van der Waals surface area (Å²) < 4.78 is 0. The SMILES string of the molecule is CCCC1CCN(C(=O)c2cc(Cl)nnc2Cl)CC1. The van der Waals surface area contributed by atoms with Crippen molar-refractivity contribution in [2.45, 2.75) is 32.6 Å². The molecule has 0 bridgehead atoms. The fourth-order valence-electron chi connectivity index (χ4n) is 2.51. The number of hydrogen-bond donors (Lipinski definition) is 0. The highest BCUT2D eigenvalue weighted by atomic mass is 35.5. The molecule has 1 aliphatic rings. The van der Waals surface area contributed by atoms with Crippen molar-refractivity contribution < 1.29 is 4.79 Å². The molecule has 0 aromatic carbocycles. The second-order valence-corrected chi connectivity index (χ2v) is 5.64. The molecule has 0 radical (unpaired) electrons. The van der Waals surface area contributed by atoms with Crippen LogP contribution in [0.4, 0.5) is 0 Å². The first-order valence-corrected chi connectivity index (χ1v) is 7.35. The van der Waals surface area contributed by atoms with Crippen LogP contribution in [0.5, 0.6) is 0 Å². The minimum Gasteiger partial charge on any atom is -0.339 e. The highest BCUT2D eigenvalue weighted by molar-refractivity contribution is 6.34. The van der Waals surface area contributed by atoms with E-state index in [4.69, 9.17) is 23.2 Å². The van der Waals surface area contributed by atoms with Gasteiger partial charge in [-0.05, 0) is 24.8 Å². The van der Waals surface area contributed by atoms with Crippen molar-refractivity contribution in [2.24, 2.45) is 5.92 Å². The molecule has 1 saturated heterocycles. The minimum atomic E-state index is -0.100. The summed E-state index contributed by atoms with van der Waals surface area (Å²) in [5, 5.41) is 7.60. The summed E-state index contributed by atoms with van der Waals surface area (Å²) in [7, 11) is 0. The van der Waals surface area contributed by atoms with Crippen LogP contribution in [0.2, 0.25) is 10.3 Å². The number of aromatic nitrogens is 2. The Bertz CT molecular complexity index is 459. The van der Waals surface area contributed by atoms with E-state index in [9.17, 15) is 4.79 Å². The summed E-state index contributed by atoms with van der Waals surface area (Å²) in [6, 6.07) is 1.48. The summed E-state index contributed by atoms with van der Waals surface area (Å²) in [5.74, 6) is 0.639. The zero-order valence-electron chi connectivity index (χ0n) is 10.9. The summed E-state index contributed by atoms with van der Waals surface area (Å²) in [5.41, 5.74) is 0.343. The normalized spacial score (nSPS) is 16.7. The molecule has 0 unspecified atom stereocenters. The molecule has 6 heteroatoms. The Morgan fingerprint density at radius 2 is 2.05 bits per heavy atom. The van der Waals surface area contributed by atoms with Crippen LogP contribution >= 0.6 is 23.2 Å². The van der Waals surface area contributed by atoms with Gasteiger partial charge in [-0.2, -0.15) is 0 Å². The lowest BCUT2D eigenvalue weighted by Crippen LogP contribution is -2.38. The van der Waals surface area contributed by atoms with Gasteiger partial charge in [0.1, 0.15) is 0 Å². The standard InChI is InChI=1S/C13H17Cl2N3O/c1-2-3-9-4-6-18(7-5-9)13(19)10-8-11(14)16-17-12(10)15/h8-9H,2-7H2,1H3. The number of carbonyl (C=O) groups excluding carboxylic acids is 1. The maximum absolute atomic E-state index is 12.4. The highest BCUT2D eigenvalue weighted by Gasteiger charge is 2.25. The zero-order chi connectivity index (χ0) is 13.8.